The lowest BCUT2D eigenvalue weighted by atomic mass is 10.1. The highest BCUT2D eigenvalue weighted by molar-refractivity contribution is 6.00. The molecule has 1 amide bonds. The number of ether oxygens (including phenoxy) is 3. The van der Waals surface area contributed by atoms with Gasteiger partial charge in [0.15, 0.2) is 0 Å². The van der Waals surface area contributed by atoms with Crippen LogP contribution in [0.25, 0.3) is 0 Å². The Morgan fingerprint density at radius 2 is 1.43 bits per heavy atom. The van der Waals surface area contributed by atoms with Crippen LogP contribution in [0.5, 0.6) is 17.2 Å². The van der Waals surface area contributed by atoms with Crippen molar-refractivity contribution in [3.63, 3.8) is 0 Å². The molecule has 9 nitrogen and oxygen atoms in total. The van der Waals surface area contributed by atoms with Crippen LogP contribution < -0.4 is 19.5 Å². The molecular weight excluding hydrogens is 538 g/mol. The van der Waals surface area contributed by atoms with Gasteiger partial charge >= 0.3 is 11.9 Å². The maximum Gasteiger partial charge on any atom is 0.335 e. The fraction of sp³-hybridized carbons (Fsp3) is 0.364. The lowest BCUT2D eigenvalue weighted by Gasteiger charge is -2.16. The molecule has 0 aliphatic heterocycles. The number of carbonyl (C=O) groups is 3. The smallest absolute Gasteiger partial charge is 0.335 e. The Hall–Kier alpha value is -4.53. The Kier molecular flexibility index (Phi) is 11.2. The molecule has 0 spiro atoms. The van der Waals surface area contributed by atoms with Gasteiger partial charge in [0.1, 0.15) is 17.2 Å². The third-order valence-corrected chi connectivity index (χ3v) is 7.20. The fourth-order valence-corrected chi connectivity index (χ4v) is 4.88. The standard InChI is InChI=1S/C33H37NO8/c35-31(34-26-14-12-24(21-26)32(36)37)29-22-25(33(38)39)13-17-30(29)42-20-6-7-23-10-15-28(16-11-23)41-19-5-4-18-40-27-8-2-1-3-9-27/h1-3,8-11,13,15-17,22,24,26H,4-7,12,14,18-21H2,(H,34,35)(H,36,37)(H,38,39)/t24-,26?/m1/s1. The largest absolute Gasteiger partial charge is 0.494 e. The first-order chi connectivity index (χ1) is 20.4. The zero-order chi connectivity index (χ0) is 29.7. The first kappa shape index (κ1) is 30.4. The minimum Gasteiger partial charge on any atom is -0.494 e. The molecule has 0 heterocycles. The first-order valence-electron chi connectivity index (χ1n) is 14.3. The molecule has 0 bridgehead atoms. The van der Waals surface area contributed by atoms with Crippen LogP contribution in [-0.2, 0) is 11.2 Å². The van der Waals surface area contributed by atoms with Crippen molar-refractivity contribution in [3.05, 3.63) is 89.5 Å². The number of benzene rings is 3. The summed E-state index contributed by atoms with van der Waals surface area (Å²) in [6.45, 7) is 1.60. The SMILES string of the molecule is O=C(O)c1ccc(OCCCc2ccc(OCCCCOc3ccccc3)cc2)c(C(=O)NC2CC[C@@H](C(=O)O)C2)c1. The molecule has 0 aromatic heterocycles. The monoisotopic (exact) mass is 575 g/mol. The van der Waals surface area contributed by atoms with E-state index in [0.29, 0.717) is 51.3 Å². The lowest BCUT2D eigenvalue weighted by molar-refractivity contribution is -0.141. The number of aromatic carboxylic acids is 1. The van der Waals surface area contributed by atoms with Crippen molar-refractivity contribution < 1.29 is 38.8 Å². The van der Waals surface area contributed by atoms with E-state index >= 15 is 0 Å². The van der Waals surface area contributed by atoms with Crippen molar-refractivity contribution in [3.8, 4) is 17.2 Å². The molecule has 0 radical (unpaired) electrons. The van der Waals surface area contributed by atoms with Gasteiger partial charge in [0.2, 0.25) is 0 Å². The van der Waals surface area contributed by atoms with Gasteiger partial charge in [-0.05, 0) is 93.0 Å². The van der Waals surface area contributed by atoms with Gasteiger partial charge in [0.05, 0.1) is 36.9 Å². The van der Waals surface area contributed by atoms with Gasteiger partial charge in [0, 0.05) is 6.04 Å². The van der Waals surface area contributed by atoms with Gasteiger partial charge in [-0.25, -0.2) is 4.79 Å². The van der Waals surface area contributed by atoms with Crippen molar-refractivity contribution in [2.75, 3.05) is 19.8 Å². The molecule has 3 N–H and O–H groups in total. The summed E-state index contributed by atoms with van der Waals surface area (Å²) >= 11 is 0. The summed E-state index contributed by atoms with van der Waals surface area (Å²) in [7, 11) is 0. The molecule has 1 saturated carbocycles. The number of carboxylic acid groups (broad SMARTS) is 2. The van der Waals surface area contributed by atoms with Crippen LogP contribution in [-0.4, -0.2) is 53.9 Å². The molecule has 1 aliphatic carbocycles. The zero-order valence-electron chi connectivity index (χ0n) is 23.5. The van der Waals surface area contributed by atoms with Crippen LogP contribution in [0.1, 0.15) is 64.8 Å². The van der Waals surface area contributed by atoms with Crippen LogP contribution in [0.15, 0.2) is 72.8 Å². The van der Waals surface area contributed by atoms with E-state index in [1.165, 1.54) is 18.2 Å². The minimum atomic E-state index is -1.15. The molecule has 1 fully saturated rings. The second kappa shape index (κ2) is 15.5. The second-order valence-electron chi connectivity index (χ2n) is 10.3. The highest BCUT2D eigenvalue weighted by Crippen LogP contribution is 2.27. The second-order valence-corrected chi connectivity index (χ2v) is 10.3. The van der Waals surface area contributed by atoms with Crippen LogP contribution in [0.3, 0.4) is 0 Å². The number of hydrogen-bond acceptors (Lipinski definition) is 6. The average Bonchev–Trinajstić information content (AvgIpc) is 3.47. The molecule has 1 aliphatic rings. The maximum atomic E-state index is 13.0. The highest BCUT2D eigenvalue weighted by atomic mass is 16.5. The van der Waals surface area contributed by atoms with Crippen LogP contribution >= 0.6 is 0 Å². The van der Waals surface area contributed by atoms with Crippen molar-refractivity contribution in [1.82, 2.24) is 5.32 Å². The number of carboxylic acids is 2. The Balaban J connectivity index is 1.19. The van der Waals surface area contributed by atoms with Gasteiger partial charge in [-0.15, -0.1) is 0 Å². The number of amides is 1. The van der Waals surface area contributed by atoms with Crippen molar-refractivity contribution in [2.45, 2.75) is 51.0 Å². The molecule has 42 heavy (non-hydrogen) atoms. The Labute approximate surface area is 245 Å². The van der Waals surface area contributed by atoms with Crippen LogP contribution in [0, 0.1) is 5.92 Å². The molecule has 222 valence electrons. The maximum absolute atomic E-state index is 13.0. The summed E-state index contributed by atoms with van der Waals surface area (Å²) in [5.41, 5.74) is 1.22. The lowest BCUT2D eigenvalue weighted by Crippen LogP contribution is -2.33. The van der Waals surface area contributed by atoms with Crippen molar-refractivity contribution in [1.29, 1.82) is 0 Å². The highest BCUT2D eigenvalue weighted by Gasteiger charge is 2.31. The molecule has 2 atom stereocenters. The predicted molar refractivity (Wildman–Crippen MR) is 157 cm³/mol. The van der Waals surface area contributed by atoms with E-state index in [-0.39, 0.29) is 17.2 Å². The van der Waals surface area contributed by atoms with E-state index in [2.05, 4.69) is 5.32 Å². The summed E-state index contributed by atoms with van der Waals surface area (Å²) in [5.74, 6) is -0.990. The first-order valence-corrected chi connectivity index (χ1v) is 14.3. The number of para-hydroxylation sites is 1. The Bertz CT molecular complexity index is 1330. The zero-order valence-corrected chi connectivity index (χ0v) is 23.5. The van der Waals surface area contributed by atoms with E-state index in [9.17, 15) is 24.6 Å². The summed E-state index contributed by atoms with van der Waals surface area (Å²) < 4.78 is 17.4. The molecule has 3 aromatic rings. The van der Waals surface area contributed by atoms with E-state index < -0.39 is 23.8 Å². The van der Waals surface area contributed by atoms with Gasteiger partial charge in [-0.1, -0.05) is 30.3 Å². The van der Waals surface area contributed by atoms with Crippen LogP contribution in [0.2, 0.25) is 0 Å². The normalized spacial score (nSPS) is 16.0. The van der Waals surface area contributed by atoms with Crippen molar-refractivity contribution in [2.24, 2.45) is 5.92 Å². The summed E-state index contributed by atoms with van der Waals surface area (Å²) in [4.78, 5) is 35.7. The molecule has 1 unspecified atom stereocenters. The number of rotatable bonds is 16. The summed E-state index contributed by atoms with van der Waals surface area (Å²) in [6.07, 6.45) is 4.64. The number of hydrogen-bond donors (Lipinski definition) is 3. The Morgan fingerprint density at radius 1 is 0.762 bits per heavy atom. The number of aliphatic carboxylic acids is 1. The summed E-state index contributed by atoms with van der Waals surface area (Å²) in [5, 5.41) is 21.5. The van der Waals surface area contributed by atoms with Gasteiger partial charge < -0.3 is 29.7 Å². The third-order valence-electron chi connectivity index (χ3n) is 7.20. The molecule has 9 heteroatoms. The quantitative estimate of drug-likeness (QED) is 0.188. The summed E-state index contributed by atoms with van der Waals surface area (Å²) in [6, 6.07) is 21.6. The van der Waals surface area contributed by atoms with Crippen molar-refractivity contribution >= 4 is 17.8 Å². The number of nitrogens with one attached hydrogen (secondary N) is 1. The predicted octanol–water partition coefficient (Wildman–Crippen LogP) is 5.62. The minimum absolute atomic E-state index is 0.0230. The van der Waals surface area contributed by atoms with E-state index in [4.69, 9.17) is 14.2 Å². The third kappa shape index (κ3) is 9.26. The van der Waals surface area contributed by atoms with Crippen LogP contribution in [0.4, 0.5) is 0 Å². The number of carbonyl (C=O) groups excluding carboxylic acids is 1. The number of aryl methyl sites for hydroxylation is 1. The van der Waals surface area contributed by atoms with E-state index in [1.807, 2.05) is 54.6 Å². The molecule has 4 rings (SSSR count). The Morgan fingerprint density at radius 3 is 2.07 bits per heavy atom. The van der Waals surface area contributed by atoms with Gasteiger partial charge in [-0.3, -0.25) is 9.59 Å². The molecule has 0 saturated heterocycles. The topological polar surface area (TPSA) is 131 Å². The average molecular weight is 576 g/mol. The molecular formula is C33H37NO8. The van der Waals surface area contributed by atoms with Gasteiger partial charge in [0.25, 0.3) is 5.91 Å². The fourth-order valence-electron chi connectivity index (χ4n) is 4.88. The van der Waals surface area contributed by atoms with E-state index in [1.54, 1.807) is 0 Å². The van der Waals surface area contributed by atoms with Gasteiger partial charge in [-0.2, -0.15) is 0 Å². The number of unbranched alkanes of at least 4 members (excludes halogenated alkanes) is 1. The van der Waals surface area contributed by atoms with E-state index in [0.717, 1.165) is 36.3 Å². The molecule has 3 aromatic carbocycles.